The SMILES string of the molecule is CCO[Si](OC)(OC)OCC(F)(F)C(F)(F)C(F)(F)C(F)(F)C(F)(F)C(F)(F)CCC(F)(F)F. The van der Waals surface area contributed by atoms with Crippen LogP contribution in [0.4, 0.5) is 65.9 Å². The molecule has 0 heterocycles. The van der Waals surface area contributed by atoms with Crippen molar-refractivity contribution in [3.05, 3.63) is 0 Å². The van der Waals surface area contributed by atoms with Crippen molar-refractivity contribution in [2.75, 3.05) is 27.4 Å². The highest BCUT2D eigenvalue weighted by Gasteiger charge is 2.90. The number of alkyl halides is 15. The second-order valence-corrected chi connectivity index (χ2v) is 8.85. The van der Waals surface area contributed by atoms with Crippen LogP contribution >= 0.6 is 0 Å². The van der Waals surface area contributed by atoms with Gasteiger partial charge >= 0.3 is 50.8 Å². The van der Waals surface area contributed by atoms with Gasteiger partial charge in [0.15, 0.2) is 0 Å². The van der Waals surface area contributed by atoms with Gasteiger partial charge in [-0.15, -0.1) is 0 Å². The maximum absolute atomic E-state index is 13.8. The van der Waals surface area contributed by atoms with E-state index < -0.39 is 76.8 Å². The molecule has 0 aliphatic carbocycles. The third-order valence-corrected chi connectivity index (χ3v) is 6.22. The summed E-state index contributed by atoms with van der Waals surface area (Å²) < 4.78 is 217. The first-order chi connectivity index (χ1) is 14.8. The number of hydrogen-bond donors (Lipinski definition) is 0. The van der Waals surface area contributed by atoms with Crippen molar-refractivity contribution in [1.29, 1.82) is 0 Å². The van der Waals surface area contributed by atoms with E-state index in [0.29, 0.717) is 14.2 Å². The fraction of sp³-hybridized carbons (Fsp3) is 1.00. The molecule has 0 saturated carbocycles. The third kappa shape index (κ3) is 6.04. The number of rotatable bonds is 14. The van der Waals surface area contributed by atoms with Crippen LogP contribution in [0, 0.1) is 0 Å². The van der Waals surface area contributed by atoms with Crippen LogP contribution in [-0.2, 0) is 17.7 Å². The van der Waals surface area contributed by atoms with Crippen molar-refractivity contribution in [2.45, 2.75) is 61.5 Å². The van der Waals surface area contributed by atoms with Gasteiger partial charge in [-0.1, -0.05) is 0 Å². The quantitative estimate of drug-likeness (QED) is 0.195. The van der Waals surface area contributed by atoms with Crippen LogP contribution in [0.3, 0.4) is 0 Å². The molecule has 0 unspecified atom stereocenters. The van der Waals surface area contributed by atoms with Crippen LogP contribution in [-0.4, -0.2) is 78.2 Å². The van der Waals surface area contributed by atoms with Crippen molar-refractivity contribution in [3.8, 4) is 0 Å². The highest BCUT2D eigenvalue weighted by molar-refractivity contribution is 6.53. The Morgan fingerprint density at radius 3 is 1.24 bits per heavy atom. The molecule has 0 aliphatic rings. The van der Waals surface area contributed by atoms with Gasteiger partial charge < -0.3 is 17.7 Å². The minimum Gasteiger partial charge on any atom is -0.355 e. The van der Waals surface area contributed by atoms with E-state index >= 15 is 0 Å². The lowest BCUT2D eigenvalue weighted by atomic mass is 9.90. The molecular weight excluding hydrogens is 545 g/mol. The van der Waals surface area contributed by atoms with Gasteiger partial charge in [-0.25, -0.2) is 0 Å². The Hall–Kier alpha value is -0.993. The molecule has 0 aliphatic heterocycles. The molecule has 0 spiro atoms. The molecular formula is C14H17F15O4Si. The summed E-state index contributed by atoms with van der Waals surface area (Å²) in [5.74, 6) is -44.3. The van der Waals surface area contributed by atoms with E-state index in [0.717, 1.165) is 6.92 Å². The molecule has 0 fully saturated rings. The van der Waals surface area contributed by atoms with Crippen molar-refractivity contribution in [2.24, 2.45) is 0 Å². The van der Waals surface area contributed by atoms with E-state index in [2.05, 4.69) is 17.7 Å². The van der Waals surface area contributed by atoms with E-state index in [9.17, 15) is 65.9 Å². The first kappa shape index (κ1) is 33.0. The lowest BCUT2D eigenvalue weighted by Gasteiger charge is -2.41. The summed E-state index contributed by atoms with van der Waals surface area (Å²) in [4.78, 5) is 0. The Morgan fingerprint density at radius 2 is 0.912 bits per heavy atom. The summed E-state index contributed by atoms with van der Waals surface area (Å²) in [6, 6.07) is 0. The molecule has 0 radical (unpaired) electrons. The van der Waals surface area contributed by atoms with Crippen LogP contribution in [0.2, 0.25) is 0 Å². The fourth-order valence-corrected chi connectivity index (χ4v) is 3.55. The zero-order valence-electron chi connectivity index (χ0n) is 17.1. The smallest absolute Gasteiger partial charge is 0.355 e. The molecule has 4 nitrogen and oxygen atoms in total. The molecule has 20 heteroatoms. The normalized spacial score (nSPS) is 15.7. The summed E-state index contributed by atoms with van der Waals surface area (Å²) >= 11 is 0. The van der Waals surface area contributed by atoms with Gasteiger partial charge in [-0.3, -0.25) is 0 Å². The average Bonchev–Trinajstić information content (AvgIpc) is 2.68. The summed E-state index contributed by atoms with van der Waals surface area (Å²) in [6.07, 6.45) is -11.8. The van der Waals surface area contributed by atoms with Gasteiger partial charge in [0, 0.05) is 33.7 Å². The van der Waals surface area contributed by atoms with Crippen molar-refractivity contribution in [1.82, 2.24) is 0 Å². The van der Waals surface area contributed by atoms with E-state index in [1.165, 1.54) is 0 Å². The van der Waals surface area contributed by atoms with Gasteiger partial charge in [0.25, 0.3) is 0 Å². The molecule has 0 aromatic carbocycles. The second kappa shape index (κ2) is 10.2. The summed E-state index contributed by atoms with van der Waals surface area (Å²) in [5.41, 5.74) is 0. The highest BCUT2D eigenvalue weighted by atomic mass is 28.4. The minimum absolute atomic E-state index is 0.469. The number of hydrogen-bond acceptors (Lipinski definition) is 4. The maximum Gasteiger partial charge on any atom is 0.679 e. The summed E-state index contributed by atoms with van der Waals surface area (Å²) in [6.45, 7) is -2.29. The number of halogens is 15. The molecule has 0 amide bonds. The van der Waals surface area contributed by atoms with Gasteiger partial charge in [0.1, 0.15) is 6.61 Å². The fourth-order valence-electron chi connectivity index (χ4n) is 2.12. The second-order valence-electron chi connectivity index (χ2n) is 6.45. The van der Waals surface area contributed by atoms with Crippen molar-refractivity contribution < 1.29 is 83.6 Å². The lowest BCUT2D eigenvalue weighted by Crippen LogP contribution is -2.71. The monoisotopic (exact) mass is 562 g/mol. The van der Waals surface area contributed by atoms with Gasteiger partial charge in [0.2, 0.25) is 0 Å². The molecule has 0 N–H and O–H groups in total. The van der Waals surface area contributed by atoms with Crippen LogP contribution in [0.5, 0.6) is 0 Å². The van der Waals surface area contributed by atoms with E-state index in [1.807, 2.05) is 0 Å². The Balaban J connectivity index is 6.18. The van der Waals surface area contributed by atoms with Crippen LogP contribution < -0.4 is 0 Å². The zero-order chi connectivity index (χ0) is 27.7. The van der Waals surface area contributed by atoms with Crippen LogP contribution in [0.1, 0.15) is 19.8 Å². The third-order valence-electron chi connectivity index (χ3n) is 4.08. The standard InChI is InChI=1S/C14H17F15O4Si/c1-4-32-34(30-2,31-3)33-7-9(17,18)12(24,25)14(28,29)13(26,27)11(22,23)8(15,16)5-6-10(19,20)21/h4-7H2,1-3H3. The van der Waals surface area contributed by atoms with E-state index in [-0.39, 0.29) is 0 Å². The Labute approximate surface area is 182 Å². The predicted octanol–water partition coefficient (Wildman–Crippen LogP) is 5.92. The first-order valence-corrected chi connectivity index (χ1v) is 10.2. The maximum atomic E-state index is 13.8. The molecule has 0 bridgehead atoms. The topological polar surface area (TPSA) is 36.9 Å². The molecule has 0 rings (SSSR count). The summed E-state index contributed by atoms with van der Waals surface area (Å²) in [7, 11) is -3.46. The Kier molecular flexibility index (Phi) is 9.87. The average molecular weight is 562 g/mol. The van der Waals surface area contributed by atoms with Crippen LogP contribution in [0.25, 0.3) is 0 Å². The van der Waals surface area contributed by atoms with Gasteiger partial charge in [-0.2, -0.15) is 65.9 Å². The molecule has 0 aromatic rings. The van der Waals surface area contributed by atoms with E-state index in [4.69, 9.17) is 0 Å². The molecule has 34 heavy (non-hydrogen) atoms. The molecule has 0 atom stereocenters. The molecule has 0 aromatic heterocycles. The van der Waals surface area contributed by atoms with Gasteiger partial charge in [0.05, 0.1) is 0 Å². The largest absolute Gasteiger partial charge is 0.679 e. The minimum atomic E-state index is -7.99. The molecule has 0 saturated heterocycles. The molecule has 206 valence electrons. The lowest BCUT2D eigenvalue weighted by molar-refractivity contribution is -0.427. The van der Waals surface area contributed by atoms with E-state index in [1.54, 1.807) is 0 Å². The predicted molar refractivity (Wildman–Crippen MR) is 82.3 cm³/mol. The summed E-state index contributed by atoms with van der Waals surface area (Å²) in [5, 5.41) is 0. The van der Waals surface area contributed by atoms with Crippen molar-refractivity contribution in [3.63, 3.8) is 0 Å². The van der Waals surface area contributed by atoms with Gasteiger partial charge in [-0.05, 0) is 6.92 Å². The Morgan fingerprint density at radius 1 is 0.529 bits per heavy atom. The zero-order valence-corrected chi connectivity index (χ0v) is 18.1. The highest BCUT2D eigenvalue weighted by Crippen LogP contribution is 2.60. The Bertz CT molecular complexity index is 664. The van der Waals surface area contributed by atoms with Crippen LogP contribution in [0.15, 0.2) is 0 Å². The first-order valence-electron chi connectivity index (χ1n) is 8.56. The van der Waals surface area contributed by atoms with Crippen molar-refractivity contribution >= 4 is 9.05 Å².